The highest BCUT2D eigenvalue weighted by atomic mass is 16.5. The van der Waals surface area contributed by atoms with Crippen molar-refractivity contribution < 1.29 is 9.63 Å². The number of aliphatic hydroxyl groups is 1. The van der Waals surface area contributed by atoms with Crippen molar-refractivity contribution in [1.29, 1.82) is 0 Å². The maximum atomic E-state index is 9.22. The lowest BCUT2D eigenvalue weighted by Crippen LogP contribution is -1.93. The Morgan fingerprint density at radius 3 is 2.48 bits per heavy atom. The van der Waals surface area contributed by atoms with Gasteiger partial charge in [-0.05, 0) is 41.7 Å². The molecule has 0 saturated heterocycles. The Morgan fingerprint density at radius 1 is 1.00 bits per heavy atom. The Labute approximate surface area is 135 Å². The molecule has 0 spiro atoms. The highest BCUT2D eigenvalue weighted by Crippen LogP contribution is 2.23. The Balaban J connectivity index is 1.83. The standard InChI is InChI=1S/C19H20N2O2/c1-13(2)10-14-6-8-16(9-7-14)19-20-18(21-23-19)17-5-3-4-15(11-17)12-22/h3-9,11,13,22H,10,12H2,1-2H3. The van der Waals surface area contributed by atoms with E-state index in [1.165, 1.54) is 5.56 Å². The summed E-state index contributed by atoms with van der Waals surface area (Å²) in [6.07, 6.45) is 1.06. The molecule has 0 fully saturated rings. The van der Waals surface area contributed by atoms with Crippen LogP contribution in [0.2, 0.25) is 0 Å². The molecule has 2 aromatic carbocycles. The van der Waals surface area contributed by atoms with Gasteiger partial charge in [-0.2, -0.15) is 4.98 Å². The zero-order valence-corrected chi connectivity index (χ0v) is 13.4. The molecule has 0 aliphatic carbocycles. The maximum absolute atomic E-state index is 9.22. The largest absolute Gasteiger partial charge is 0.392 e. The Kier molecular flexibility index (Phi) is 4.53. The van der Waals surface area contributed by atoms with Crippen molar-refractivity contribution in [1.82, 2.24) is 10.1 Å². The normalized spacial score (nSPS) is 11.1. The Morgan fingerprint density at radius 2 is 1.78 bits per heavy atom. The van der Waals surface area contributed by atoms with E-state index in [-0.39, 0.29) is 6.61 Å². The van der Waals surface area contributed by atoms with Crippen LogP contribution >= 0.6 is 0 Å². The van der Waals surface area contributed by atoms with Crippen LogP contribution in [-0.2, 0) is 13.0 Å². The number of hydrogen-bond acceptors (Lipinski definition) is 4. The first-order chi connectivity index (χ1) is 11.2. The van der Waals surface area contributed by atoms with Crippen molar-refractivity contribution in [3.05, 3.63) is 59.7 Å². The quantitative estimate of drug-likeness (QED) is 0.771. The zero-order chi connectivity index (χ0) is 16.2. The van der Waals surface area contributed by atoms with Gasteiger partial charge in [0.05, 0.1) is 6.61 Å². The van der Waals surface area contributed by atoms with Crippen LogP contribution in [0.4, 0.5) is 0 Å². The number of aromatic nitrogens is 2. The van der Waals surface area contributed by atoms with Crippen molar-refractivity contribution in [2.45, 2.75) is 26.9 Å². The molecule has 0 aliphatic rings. The highest BCUT2D eigenvalue weighted by molar-refractivity contribution is 5.60. The molecular formula is C19H20N2O2. The average Bonchev–Trinajstić information content (AvgIpc) is 3.05. The van der Waals surface area contributed by atoms with E-state index in [9.17, 15) is 5.11 Å². The fraction of sp³-hybridized carbons (Fsp3) is 0.263. The van der Waals surface area contributed by atoms with E-state index in [1.54, 1.807) is 0 Å². The van der Waals surface area contributed by atoms with Crippen LogP contribution in [0.5, 0.6) is 0 Å². The molecule has 0 amide bonds. The molecule has 0 saturated carbocycles. The van der Waals surface area contributed by atoms with E-state index >= 15 is 0 Å². The molecule has 118 valence electrons. The molecular weight excluding hydrogens is 288 g/mol. The van der Waals surface area contributed by atoms with Crippen LogP contribution in [0.1, 0.15) is 25.0 Å². The minimum Gasteiger partial charge on any atom is -0.392 e. The van der Waals surface area contributed by atoms with Crippen LogP contribution in [0.25, 0.3) is 22.8 Å². The third-order valence-electron chi connectivity index (χ3n) is 3.64. The van der Waals surface area contributed by atoms with Gasteiger partial charge in [0.1, 0.15) is 0 Å². The van der Waals surface area contributed by atoms with E-state index in [0.717, 1.165) is 23.1 Å². The summed E-state index contributed by atoms with van der Waals surface area (Å²) in [5.74, 6) is 1.67. The molecule has 0 bridgehead atoms. The number of aliphatic hydroxyl groups excluding tert-OH is 1. The molecule has 1 aromatic heterocycles. The van der Waals surface area contributed by atoms with Crippen molar-refractivity contribution in [3.8, 4) is 22.8 Å². The molecule has 23 heavy (non-hydrogen) atoms. The Bertz CT molecular complexity index is 776. The first-order valence-corrected chi connectivity index (χ1v) is 7.79. The van der Waals surface area contributed by atoms with Gasteiger partial charge in [0.25, 0.3) is 5.89 Å². The second-order valence-corrected chi connectivity index (χ2v) is 6.08. The van der Waals surface area contributed by atoms with Gasteiger partial charge in [0.2, 0.25) is 5.82 Å². The van der Waals surface area contributed by atoms with Crippen molar-refractivity contribution in [2.24, 2.45) is 5.92 Å². The van der Waals surface area contributed by atoms with Gasteiger partial charge in [0, 0.05) is 11.1 Å². The molecule has 3 aromatic rings. The third-order valence-corrected chi connectivity index (χ3v) is 3.64. The molecule has 0 aliphatic heterocycles. The average molecular weight is 308 g/mol. The Hall–Kier alpha value is -2.46. The highest BCUT2D eigenvalue weighted by Gasteiger charge is 2.11. The fourth-order valence-corrected chi connectivity index (χ4v) is 2.52. The van der Waals surface area contributed by atoms with Gasteiger partial charge < -0.3 is 9.63 Å². The summed E-state index contributed by atoms with van der Waals surface area (Å²) in [5, 5.41) is 13.3. The predicted octanol–water partition coefficient (Wildman–Crippen LogP) is 4.09. The summed E-state index contributed by atoms with van der Waals surface area (Å²) >= 11 is 0. The summed E-state index contributed by atoms with van der Waals surface area (Å²) in [5.41, 5.74) is 3.88. The molecule has 1 heterocycles. The van der Waals surface area contributed by atoms with Crippen LogP contribution < -0.4 is 0 Å². The first kappa shape index (κ1) is 15.4. The van der Waals surface area contributed by atoms with Gasteiger partial charge in [-0.1, -0.05) is 49.3 Å². The lowest BCUT2D eigenvalue weighted by atomic mass is 10.0. The van der Waals surface area contributed by atoms with Crippen LogP contribution in [0.3, 0.4) is 0 Å². The number of benzene rings is 2. The van der Waals surface area contributed by atoms with E-state index in [1.807, 2.05) is 36.4 Å². The van der Waals surface area contributed by atoms with Crippen molar-refractivity contribution >= 4 is 0 Å². The summed E-state index contributed by atoms with van der Waals surface area (Å²) in [7, 11) is 0. The molecule has 4 nitrogen and oxygen atoms in total. The number of rotatable bonds is 5. The van der Waals surface area contributed by atoms with E-state index in [0.29, 0.717) is 17.6 Å². The van der Waals surface area contributed by atoms with Crippen LogP contribution in [0, 0.1) is 5.92 Å². The monoisotopic (exact) mass is 308 g/mol. The fourth-order valence-electron chi connectivity index (χ4n) is 2.52. The van der Waals surface area contributed by atoms with E-state index in [4.69, 9.17) is 4.52 Å². The van der Waals surface area contributed by atoms with Gasteiger partial charge in [0.15, 0.2) is 0 Å². The topological polar surface area (TPSA) is 59.2 Å². The minimum atomic E-state index is -0.00411. The molecule has 3 rings (SSSR count). The maximum Gasteiger partial charge on any atom is 0.258 e. The van der Waals surface area contributed by atoms with E-state index in [2.05, 4.69) is 36.1 Å². The lowest BCUT2D eigenvalue weighted by Gasteiger charge is -2.04. The van der Waals surface area contributed by atoms with E-state index < -0.39 is 0 Å². The zero-order valence-electron chi connectivity index (χ0n) is 13.4. The predicted molar refractivity (Wildman–Crippen MR) is 89.6 cm³/mol. The molecule has 0 atom stereocenters. The van der Waals surface area contributed by atoms with Gasteiger partial charge >= 0.3 is 0 Å². The second kappa shape index (κ2) is 6.75. The number of nitrogens with zero attached hydrogens (tertiary/aromatic N) is 2. The minimum absolute atomic E-state index is 0.00411. The summed E-state index contributed by atoms with van der Waals surface area (Å²) in [4.78, 5) is 4.46. The molecule has 4 heteroatoms. The van der Waals surface area contributed by atoms with Crippen LogP contribution in [0.15, 0.2) is 53.1 Å². The molecule has 0 radical (unpaired) electrons. The van der Waals surface area contributed by atoms with Gasteiger partial charge in [-0.25, -0.2) is 0 Å². The summed E-state index contributed by atoms with van der Waals surface area (Å²) in [6, 6.07) is 15.7. The lowest BCUT2D eigenvalue weighted by molar-refractivity contribution is 0.282. The first-order valence-electron chi connectivity index (χ1n) is 7.79. The van der Waals surface area contributed by atoms with Crippen molar-refractivity contribution in [3.63, 3.8) is 0 Å². The van der Waals surface area contributed by atoms with Gasteiger partial charge in [-0.3, -0.25) is 0 Å². The molecule has 0 unspecified atom stereocenters. The SMILES string of the molecule is CC(C)Cc1ccc(-c2nc(-c3cccc(CO)c3)no2)cc1. The number of hydrogen-bond donors (Lipinski definition) is 1. The second-order valence-electron chi connectivity index (χ2n) is 6.08. The summed E-state index contributed by atoms with van der Waals surface area (Å²) in [6.45, 7) is 4.41. The van der Waals surface area contributed by atoms with Crippen LogP contribution in [-0.4, -0.2) is 15.2 Å². The smallest absolute Gasteiger partial charge is 0.258 e. The van der Waals surface area contributed by atoms with Crippen molar-refractivity contribution in [2.75, 3.05) is 0 Å². The molecule has 1 N–H and O–H groups in total. The summed E-state index contributed by atoms with van der Waals surface area (Å²) < 4.78 is 5.38. The van der Waals surface area contributed by atoms with Gasteiger partial charge in [-0.15, -0.1) is 0 Å². The third kappa shape index (κ3) is 3.66.